The van der Waals surface area contributed by atoms with Crippen LogP contribution in [0.15, 0.2) is 52.9 Å². The van der Waals surface area contributed by atoms with Crippen molar-refractivity contribution in [2.24, 2.45) is 10.8 Å². The van der Waals surface area contributed by atoms with Crippen LogP contribution in [0.4, 0.5) is 0 Å². The molecule has 1 heterocycles. The SMILES string of the molecule is CCOc1cc(C2C3=C(CC(C)(C)CC3=O)NC3=C2C(=O)CC(C)(C)C3)cc(Cl)c1OCc1ccc(C)c(C)c1. The number of hydrogen-bond donors (Lipinski definition) is 1. The van der Waals surface area contributed by atoms with Gasteiger partial charge in [-0.1, -0.05) is 57.5 Å². The molecule has 2 aromatic carbocycles. The maximum atomic E-state index is 13.7. The van der Waals surface area contributed by atoms with Crippen LogP contribution in [0.3, 0.4) is 0 Å². The smallest absolute Gasteiger partial charge is 0.180 e. The van der Waals surface area contributed by atoms with Crippen LogP contribution >= 0.6 is 11.6 Å². The molecule has 40 heavy (non-hydrogen) atoms. The van der Waals surface area contributed by atoms with Crippen molar-refractivity contribution in [3.8, 4) is 11.5 Å². The number of rotatable bonds is 6. The molecule has 1 aliphatic heterocycles. The van der Waals surface area contributed by atoms with E-state index < -0.39 is 5.92 Å². The Labute approximate surface area is 243 Å². The molecule has 2 aliphatic carbocycles. The first-order chi connectivity index (χ1) is 18.8. The van der Waals surface area contributed by atoms with E-state index in [1.807, 2.05) is 25.1 Å². The zero-order chi connectivity index (χ0) is 29.0. The summed E-state index contributed by atoms with van der Waals surface area (Å²) in [5.74, 6) is 0.664. The summed E-state index contributed by atoms with van der Waals surface area (Å²) in [6.07, 6.45) is 2.38. The van der Waals surface area contributed by atoms with Gasteiger partial charge in [0.05, 0.1) is 11.6 Å². The molecule has 0 aromatic heterocycles. The number of dihydropyridines is 1. The summed E-state index contributed by atoms with van der Waals surface area (Å²) in [7, 11) is 0. The van der Waals surface area contributed by atoms with Gasteiger partial charge in [-0.3, -0.25) is 9.59 Å². The van der Waals surface area contributed by atoms with Gasteiger partial charge in [0.1, 0.15) is 6.61 Å². The van der Waals surface area contributed by atoms with Crippen LogP contribution in [0, 0.1) is 24.7 Å². The van der Waals surface area contributed by atoms with Gasteiger partial charge in [-0.25, -0.2) is 0 Å². The summed E-state index contributed by atoms with van der Waals surface area (Å²) < 4.78 is 12.3. The second-order valence-electron chi connectivity index (χ2n) is 13.2. The lowest BCUT2D eigenvalue weighted by Crippen LogP contribution is -2.42. The van der Waals surface area contributed by atoms with E-state index >= 15 is 0 Å². The first-order valence-corrected chi connectivity index (χ1v) is 14.6. The van der Waals surface area contributed by atoms with Crippen LogP contribution < -0.4 is 14.8 Å². The highest BCUT2D eigenvalue weighted by atomic mass is 35.5. The number of aryl methyl sites for hydroxylation is 2. The summed E-state index contributed by atoms with van der Waals surface area (Å²) in [5.41, 5.74) is 7.19. The van der Waals surface area contributed by atoms with Crippen molar-refractivity contribution in [2.75, 3.05) is 6.61 Å². The molecule has 5 rings (SSSR count). The molecule has 0 fully saturated rings. The molecule has 212 valence electrons. The topological polar surface area (TPSA) is 64.6 Å². The summed E-state index contributed by atoms with van der Waals surface area (Å²) in [6.45, 7) is 15.3. The molecule has 0 spiro atoms. The van der Waals surface area contributed by atoms with E-state index in [1.54, 1.807) is 0 Å². The maximum absolute atomic E-state index is 13.7. The van der Waals surface area contributed by atoms with E-state index in [2.05, 4.69) is 59.0 Å². The van der Waals surface area contributed by atoms with Gasteiger partial charge in [0.25, 0.3) is 0 Å². The average molecular weight is 562 g/mol. The molecule has 1 N–H and O–H groups in total. The number of carbonyl (C=O) groups is 2. The molecule has 0 radical (unpaired) electrons. The van der Waals surface area contributed by atoms with Gasteiger partial charge in [-0.15, -0.1) is 0 Å². The number of allylic oxidation sites excluding steroid dienone is 4. The second-order valence-corrected chi connectivity index (χ2v) is 13.6. The Morgan fingerprint density at radius 3 is 2.00 bits per heavy atom. The van der Waals surface area contributed by atoms with Crippen LogP contribution in [0.2, 0.25) is 5.02 Å². The standard InChI is InChI=1S/C34H40ClNO4/c1-8-39-28-13-22(12-23(35)32(28)40-18-21-10-9-19(2)20(3)11-21)29-30-24(14-33(4,5)16-26(30)37)36-25-15-34(6,7)17-27(38)31(25)29/h9-13,29,36H,8,14-18H2,1-7H3. The Kier molecular flexibility index (Phi) is 7.41. The predicted octanol–water partition coefficient (Wildman–Crippen LogP) is 7.91. The fraction of sp³-hybridized carbons (Fsp3) is 0.471. The van der Waals surface area contributed by atoms with Crippen molar-refractivity contribution < 1.29 is 19.1 Å². The van der Waals surface area contributed by atoms with E-state index in [1.165, 1.54) is 11.1 Å². The second kappa shape index (κ2) is 10.4. The maximum Gasteiger partial charge on any atom is 0.180 e. The lowest BCUT2D eigenvalue weighted by molar-refractivity contribution is -0.119. The summed E-state index contributed by atoms with van der Waals surface area (Å²) >= 11 is 6.90. The third kappa shape index (κ3) is 5.45. The first kappa shape index (κ1) is 28.5. The van der Waals surface area contributed by atoms with Crippen molar-refractivity contribution in [3.05, 3.63) is 80.1 Å². The molecule has 0 atom stereocenters. The van der Waals surface area contributed by atoms with Gasteiger partial charge in [-0.2, -0.15) is 0 Å². The van der Waals surface area contributed by atoms with E-state index in [4.69, 9.17) is 21.1 Å². The molecule has 3 aliphatic rings. The number of carbonyl (C=O) groups excluding carboxylic acids is 2. The number of Topliss-reactive ketones (excluding diaryl/α,β-unsaturated/α-hetero) is 2. The zero-order valence-corrected chi connectivity index (χ0v) is 25.5. The molecular formula is C34H40ClNO4. The number of ketones is 2. The Bertz CT molecular complexity index is 1410. The van der Waals surface area contributed by atoms with Crippen molar-refractivity contribution in [1.82, 2.24) is 5.32 Å². The Morgan fingerprint density at radius 2 is 1.45 bits per heavy atom. The normalized spacial score (nSPS) is 20.2. The van der Waals surface area contributed by atoms with Crippen LogP contribution in [-0.2, 0) is 16.2 Å². The number of hydrogen-bond acceptors (Lipinski definition) is 5. The van der Waals surface area contributed by atoms with E-state index in [0.717, 1.165) is 35.4 Å². The number of nitrogens with one attached hydrogen (secondary N) is 1. The fourth-order valence-corrected chi connectivity index (χ4v) is 6.70. The average Bonchev–Trinajstić information content (AvgIpc) is 2.82. The minimum atomic E-state index is -0.482. The Hall–Kier alpha value is -3.05. The highest BCUT2D eigenvalue weighted by molar-refractivity contribution is 6.32. The van der Waals surface area contributed by atoms with Gasteiger partial charge < -0.3 is 14.8 Å². The van der Waals surface area contributed by atoms with Gasteiger partial charge in [-0.05, 0) is 78.8 Å². The molecule has 0 unspecified atom stereocenters. The third-order valence-electron chi connectivity index (χ3n) is 8.34. The van der Waals surface area contributed by atoms with Gasteiger partial charge >= 0.3 is 0 Å². The van der Waals surface area contributed by atoms with Crippen LogP contribution in [0.5, 0.6) is 11.5 Å². The van der Waals surface area contributed by atoms with E-state index in [0.29, 0.717) is 53.7 Å². The number of benzene rings is 2. The van der Waals surface area contributed by atoms with Crippen molar-refractivity contribution in [3.63, 3.8) is 0 Å². The van der Waals surface area contributed by atoms with Gasteiger partial charge in [0.2, 0.25) is 0 Å². The quantitative estimate of drug-likeness (QED) is 0.388. The monoisotopic (exact) mass is 561 g/mol. The van der Waals surface area contributed by atoms with Crippen molar-refractivity contribution >= 4 is 23.2 Å². The lowest BCUT2D eigenvalue weighted by Gasteiger charge is -2.44. The molecule has 0 saturated carbocycles. The molecule has 2 aromatic rings. The summed E-state index contributed by atoms with van der Waals surface area (Å²) in [6, 6.07) is 10.0. The predicted molar refractivity (Wildman–Crippen MR) is 159 cm³/mol. The number of ether oxygens (including phenoxy) is 2. The van der Waals surface area contributed by atoms with Crippen LogP contribution in [0.1, 0.15) is 88.5 Å². The van der Waals surface area contributed by atoms with Crippen molar-refractivity contribution in [1.29, 1.82) is 0 Å². The Balaban J connectivity index is 1.60. The first-order valence-electron chi connectivity index (χ1n) is 14.2. The largest absolute Gasteiger partial charge is 0.490 e. The fourth-order valence-electron chi connectivity index (χ4n) is 6.43. The summed E-state index contributed by atoms with van der Waals surface area (Å²) in [5, 5.41) is 3.97. The minimum Gasteiger partial charge on any atom is -0.490 e. The third-order valence-corrected chi connectivity index (χ3v) is 8.62. The van der Waals surface area contributed by atoms with E-state index in [-0.39, 0.29) is 22.4 Å². The molecule has 5 nitrogen and oxygen atoms in total. The van der Waals surface area contributed by atoms with Crippen LogP contribution in [0.25, 0.3) is 0 Å². The molecule has 0 saturated heterocycles. The zero-order valence-electron chi connectivity index (χ0n) is 24.7. The minimum absolute atomic E-state index is 0.0806. The van der Waals surface area contributed by atoms with Gasteiger partial charge in [0.15, 0.2) is 23.1 Å². The number of halogens is 1. The molecule has 0 bridgehead atoms. The highest BCUT2D eigenvalue weighted by Crippen LogP contribution is 2.52. The molecule has 6 heteroatoms. The van der Waals surface area contributed by atoms with Crippen LogP contribution in [-0.4, -0.2) is 18.2 Å². The van der Waals surface area contributed by atoms with E-state index in [9.17, 15) is 9.59 Å². The summed E-state index contributed by atoms with van der Waals surface area (Å²) in [4.78, 5) is 27.4. The molecular weight excluding hydrogens is 522 g/mol. The highest BCUT2D eigenvalue weighted by Gasteiger charge is 2.46. The van der Waals surface area contributed by atoms with Gasteiger partial charge in [0, 0.05) is 41.3 Å². The van der Waals surface area contributed by atoms with Crippen molar-refractivity contribution in [2.45, 2.75) is 86.7 Å². The lowest BCUT2D eigenvalue weighted by atomic mass is 9.64. The Morgan fingerprint density at radius 1 is 0.850 bits per heavy atom. The molecule has 0 amide bonds.